The molecule has 1 aliphatic carbocycles. The Morgan fingerprint density at radius 1 is 1.25 bits per heavy atom. The Morgan fingerprint density at radius 3 is 2.64 bits per heavy atom. The van der Waals surface area contributed by atoms with Gasteiger partial charge in [0.1, 0.15) is 11.7 Å². The van der Waals surface area contributed by atoms with Gasteiger partial charge >= 0.3 is 6.09 Å². The highest BCUT2D eigenvalue weighted by Crippen LogP contribution is 2.29. The molecule has 3 rings (SSSR count). The van der Waals surface area contributed by atoms with Crippen LogP contribution in [0.4, 0.5) is 10.7 Å². The third kappa shape index (κ3) is 5.96. The molecule has 1 atom stereocenters. The summed E-state index contributed by atoms with van der Waals surface area (Å²) in [5.74, 6) is 1.91. The topological polar surface area (TPSA) is 76.6 Å². The van der Waals surface area contributed by atoms with Gasteiger partial charge in [-0.2, -0.15) is 4.98 Å². The molecular formula is C20H31BrN4O3. The lowest BCUT2D eigenvalue weighted by Gasteiger charge is -2.27. The molecule has 1 saturated heterocycles. The highest BCUT2D eigenvalue weighted by atomic mass is 79.9. The summed E-state index contributed by atoms with van der Waals surface area (Å²) in [5.41, 5.74) is -0.497. The molecule has 2 heterocycles. The Balaban J connectivity index is 1.56. The number of amides is 1. The maximum Gasteiger partial charge on any atom is 0.410 e. The van der Waals surface area contributed by atoms with E-state index >= 15 is 0 Å². The number of aromatic nitrogens is 2. The standard InChI is InChI=1S/C20H31BrN4O3/c1-13-5-7-14(8-6-13)23-18-22-11-16(21)17(24-18)27-15-9-10-25(12-15)19(26)28-20(2,3)4/h11,13-15H,5-10,12H2,1-4H3,(H,22,23,24)/t13-,14-,15?. The van der Waals surface area contributed by atoms with Crippen LogP contribution in [0.2, 0.25) is 0 Å². The predicted octanol–water partition coefficient (Wildman–Crippen LogP) is 4.62. The molecule has 0 aromatic carbocycles. The smallest absolute Gasteiger partial charge is 0.410 e. The number of nitrogens with one attached hydrogen (secondary N) is 1. The average Bonchev–Trinajstić information content (AvgIpc) is 3.07. The van der Waals surface area contributed by atoms with E-state index in [1.807, 2.05) is 20.8 Å². The van der Waals surface area contributed by atoms with Gasteiger partial charge in [0.15, 0.2) is 0 Å². The Kier molecular flexibility index (Phi) is 6.68. The highest BCUT2D eigenvalue weighted by Gasteiger charge is 2.31. The summed E-state index contributed by atoms with van der Waals surface area (Å²) in [6, 6.07) is 0.416. The Bertz CT molecular complexity index is 687. The molecule has 1 amide bonds. The average molecular weight is 455 g/mol. The van der Waals surface area contributed by atoms with Gasteiger partial charge in [0, 0.05) is 19.0 Å². The van der Waals surface area contributed by atoms with E-state index in [2.05, 4.69) is 38.1 Å². The first-order valence-corrected chi connectivity index (χ1v) is 10.9. The fourth-order valence-electron chi connectivity index (χ4n) is 3.57. The van der Waals surface area contributed by atoms with Crippen molar-refractivity contribution in [3.8, 4) is 5.88 Å². The summed E-state index contributed by atoms with van der Waals surface area (Å²) in [6.45, 7) is 9.03. The van der Waals surface area contributed by atoms with Crippen molar-refractivity contribution in [1.82, 2.24) is 14.9 Å². The van der Waals surface area contributed by atoms with E-state index in [0.717, 1.165) is 25.2 Å². The van der Waals surface area contributed by atoms with E-state index in [0.29, 0.717) is 35.4 Å². The number of carbonyl (C=O) groups excluding carboxylic acids is 1. The zero-order chi connectivity index (χ0) is 20.3. The molecular weight excluding hydrogens is 424 g/mol. The molecule has 0 radical (unpaired) electrons. The molecule has 2 fully saturated rings. The van der Waals surface area contributed by atoms with Gasteiger partial charge < -0.3 is 19.7 Å². The van der Waals surface area contributed by atoms with Crippen LogP contribution in [0.15, 0.2) is 10.7 Å². The summed E-state index contributed by atoms with van der Waals surface area (Å²) in [6.07, 6.45) is 6.82. The quantitative estimate of drug-likeness (QED) is 0.714. The Hall–Kier alpha value is -1.57. The van der Waals surface area contributed by atoms with Gasteiger partial charge in [-0.3, -0.25) is 0 Å². The zero-order valence-electron chi connectivity index (χ0n) is 17.2. The number of hydrogen-bond acceptors (Lipinski definition) is 6. The minimum absolute atomic E-state index is 0.109. The molecule has 0 bridgehead atoms. The Morgan fingerprint density at radius 2 is 1.96 bits per heavy atom. The second kappa shape index (κ2) is 8.84. The maximum atomic E-state index is 12.2. The minimum atomic E-state index is -0.497. The number of likely N-dealkylation sites (tertiary alicyclic amines) is 1. The number of ether oxygens (including phenoxy) is 2. The van der Waals surface area contributed by atoms with E-state index in [9.17, 15) is 4.79 Å². The first-order valence-electron chi connectivity index (χ1n) is 10.1. The van der Waals surface area contributed by atoms with Crippen molar-refractivity contribution in [2.75, 3.05) is 18.4 Å². The third-order valence-corrected chi connectivity index (χ3v) is 5.68. The molecule has 1 aromatic rings. The normalized spacial score (nSPS) is 25.5. The largest absolute Gasteiger partial charge is 0.471 e. The van der Waals surface area contributed by atoms with Gasteiger partial charge in [0.2, 0.25) is 11.8 Å². The second-order valence-electron chi connectivity index (χ2n) is 8.90. The molecule has 1 unspecified atom stereocenters. The van der Waals surface area contributed by atoms with Crippen LogP contribution in [-0.4, -0.2) is 51.8 Å². The number of carbonyl (C=O) groups is 1. The Labute approximate surface area is 175 Å². The van der Waals surface area contributed by atoms with Gasteiger partial charge in [-0.1, -0.05) is 6.92 Å². The van der Waals surface area contributed by atoms with Crippen molar-refractivity contribution in [3.05, 3.63) is 10.7 Å². The lowest BCUT2D eigenvalue weighted by molar-refractivity contribution is 0.0274. The highest BCUT2D eigenvalue weighted by molar-refractivity contribution is 9.10. The summed E-state index contributed by atoms with van der Waals surface area (Å²) < 4.78 is 12.2. The van der Waals surface area contributed by atoms with Crippen LogP contribution in [0.1, 0.15) is 59.8 Å². The van der Waals surface area contributed by atoms with Gasteiger partial charge in [0.05, 0.1) is 17.2 Å². The van der Waals surface area contributed by atoms with Crippen molar-refractivity contribution >= 4 is 28.0 Å². The van der Waals surface area contributed by atoms with Gasteiger partial charge in [-0.05, 0) is 68.3 Å². The van der Waals surface area contributed by atoms with Crippen LogP contribution < -0.4 is 10.1 Å². The summed E-state index contributed by atoms with van der Waals surface area (Å²) in [4.78, 5) is 22.8. The van der Waals surface area contributed by atoms with Crippen LogP contribution in [0.5, 0.6) is 5.88 Å². The van der Waals surface area contributed by atoms with Gasteiger partial charge in [0.25, 0.3) is 0 Å². The SMILES string of the molecule is CC(C)(C)OC(=O)N1CCC(Oc2nc(N[C@H]3CC[C@H](C)CC3)ncc2Br)C1. The van der Waals surface area contributed by atoms with Crippen molar-refractivity contribution in [2.24, 2.45) is 5.92 Å². The van der Waals surface area contributed by atoms with Crippen LogP contribution in [-0.2, 0) is 4.74 Å². The fraction of sp³-hybridized carbons (Fsp3) is 0.750. The van der Waals surface area contributed by atoms with Crippen LogP contribution >= 0.6 is 15.9 Å². The summed E-state index contributed by atoms with van der Waals surface area (Å²) in [5, 5.41) is 3.44. The van der Waals surface area contributed by atoms with Crippen LogP contribution in [0, 0.1) is 5.92 Å². The van der Waals surface area contributed by atoms with Crippen molar-refractivity contribution in [1.29, 1.82) is 0 Å². The van der Waals surface area contributed by atoms with E-state index in [1.165, 1.54) is 12.8 Å². The molecule has 1 N–H and O–H groups in total. The first kappa shape index (κ1) is 21.1. The lowest BCUT2D eigenvalue weighted by atomic mass is 9.87. The van der Waals surface area contributed by atoms with Gasteiger partial charge in [-0.25, -0.2) is 9.78 Å². The second-order valence-corrected chi connectivity index (χ2v) is 9.76. The summed E-state index contributed by atoms with van der Waals surface area (Å²) >= 11 is 3.47. The molecule has 2 aliphatic rings. The number of nitrogens with zero attached hydrogens (tertiary/aromatic N) is 3. The number of anilines is 1. The summed E-state index contributed by atoms with van der Waals surface area (Å²) in [7, 11) is 0. The van der Waals surface area contributed by atoms with Crippen LogP contribution in [0.25, 0.3) is 0 Å². The lowest BCUT2D eigenvalue weighted by Crippen LogP contribution is -2.36. The maximum absolute atomic E-state index is 12.2. The number of hydrogen-bond donors (Lipinski definition) is 1. The molecule has 28 heavy (non-hydrogen) atoms. The van der Waals surface area contributed by atoms with Gasteiger partial charge in [-0.15, -0.1) is 0 Å². The fourth-order valence-corrected chi connectivity index (χ4v) is 3.85. The number of rotatable bonds is 4. The van der Waals surface area contributed by atoms with Crippen molar-refractivity contribution in [2.45, 2.75) is 77.5 Å². The van der Waals surface area contributed by atoms with E-state index < -0.39 is 5.60 Å². The molecule has 0 spiro atoms. The van der Waals surface area contributed by atoms with Crippen molar-refractivity contribution < 1.29 is 14.3 Å². The molecule has 156 valence electrons. The predicted molar refractivity (Wildman–Crippen MR) is 112 cm³/mol. The molecule has 1 aromatic heterocycles. The van der Waals surface area contributed by atoms with Crippen LogP contribution in [0.3, 0.4) is 0 Å². The first-order chi connectivity index (χ1) is 13.2. The monoisotopic (exact) mass is 454 g/mol. The third-order valence-electron chi connectivity index (χ3n) is 5.14. The minimum Gasteiger partial charge on any atom is -0.471 e. The molecule has 1 saturated carbocycles. The molecule has 1 aliphatic heterocycles. The van der Waals surface area contributed by atoms with E-state index in [-0.39, 0.29) is 12.2 Å². The number of halogens is 1. The van der Waals surface area contributed by atoms with E-state index in [4.69, 9.17) is 9.47 Å². The van der Waals surface area contributed by atoms with Crippen molar-refractivity contribution in [3.63, 3.8) is 0 Å². The molecule has 7 nitrogen and oxygen atoms in total. The van der Waals surface area contributed by atoms with E-state index in [1.54, 1.807) is 11.1 Å². The zero-order valence-corrected chi connectivity index (χ0v) is 18.8. The molecule has 8 heteroatoms.